The Morgan fingerprint density at radius 3 is 2.31 bits per heavy atom. The monoisotopic (exact) mass is 570 g/mol. The van der Waals surface area contributed by atoms with Crippen molar-refractivity contribution in [2.75, 3.05) is 13.7 Å². The third-order valence-corrected chi connectivity index (χ3v) is 7.62. The van der Waals surface area contributed by atoms with Gasteiger partial charge in [-0.15, -0.1) is 0 Å². The van der Waals surface area contributed by atoms with Gasteiger partial charge >= 0.3 is 0 Å². The summed E-state index contributed by atoms with van der Waals surface area (Å²) in [5.41, 5.74) is 1.64. The lowest BCUT2D eigenvalue weighted by molar-refractivity contribution is -0.139. The van der Waals surface area contributed by atoms with Gasteiger partial charge in [0.05, 0.1) is 23.6 Å². The molecule has 8 nitrogen and oxygen atoms in total. The lowest BCUT2D eigenvalue weighted by Crippen LogP contribution is -2.31. The predicted octanol–water partition coefficient (Wildman–Crippen LogP) is 3.77. The van der Waals surface area contributed by atoms with Crippen LogP contribution in [0.4, 0.5) is 0 Å². The third kappa shape index (κ3) is 4.92. The van der Waals surface area contributed by atoms with Crippen LogP contribution in [0.2, 0.25) is 0 Å². The molecule has 1 aliphatic rings. The molecule has 3 aromatic rings. The van der Waals surface area contributed by atoms with Crippen molar-refractivity contribution in [3.8, 4) is 5.75 Å². The standard InChI is InChI=1S/C26H23BrN2O6S/c1-35-21-9-5-3-7-19(21)23-22(24(30)18-6-2-4-8-20(18)27)25(31)26(32)29(23)15-14-16-10-12-17(13-11-16)36(28,33)34/h2-13,23,30H,14-15H2,1H3,(H2,28,33,34)/b24-22+. The number of nitrogens with zero attached hydrogens (tertiary/aromatic N) is 1. The van der Waals surface area contributed by atoms with Crippen LogP contribution in [-0.2, 0) is 26.0 Å². The van der Waals surface area contributed by atoms with E-state index in [-0.39, 0.29) is 22.8 Å². The molecule has 1 heterocycles. The lowest BCUT2D eigenvalue weighted by atomic mass is 9.94. The zero-order chi connectivity index (χ0) is 26.0. The summed E-state index contributed by atoms with van der Waals surface area (Å²) in [5.74, 6) is -1.38. The van der Waals surface area contributed by atoms with Crippen LogP contribution in [0, 0.1) is 0 Å². The maximum atomic E-state index is 13.2. The number of likely N-dealkylation sites (tertiary alicyclic amines) is 1. The van der Waals surface area contributed by atoms with Gasteiger partial charge < -0.3 is 14.7 Å². The Morgan fingerprint density at radius 1 is 1.03 bits per heavy atom. The highest BCUT2D eigenvalue weighted by Gasteiger charge is 2.47. The average Bonchev–Trinajstić information content (AvgIpc) is 3.11. The Bertz CT molecular complexity index is 1470. The smallest absolute Gasteiger partial charge is 0.295 e. The van der Waals surface area contributed by atoms with Crippen LogP contribution < -0.4 is 9.88 Å². The number of sulfonamides is 1. The number of benzene rings is 3. The predicted molar refractivity (Wildman–Crippen MR) is 138 cm³/mol. The molecule has 1 fully saturated rings. The van der Waals surface area contributed by atoms with Crippen molar-refractivity contribution in [2.24, 2.45) is 5.14 Å². The normalized spacial score (nSPS) is 17.4. The van der Waals surface area contributed by atoms with E-state index in [1.807, 2.05) is 0 Å². The number of hydrogen-bond acceptors (Lipinski definition) is 6. The van der Waals surface area contributed by atoms with E-state index in [2.05, 4.69) is 15.9 Å². The molecule has 4 rings (SSSR count). The van der Waals surface area contributed by atoms with Crippen molar-refractivity contribution < 1.29 is 27.9 Å². The summed E-state index contributed by atoms with van der Waals surface area (Å²) in [6, 6.07) is 19.0. The number of rotatable bonds is 7. The summed E-state index contributed by atoms with van der Waals surface area (Å²) < 4.78 is 29.2. The molecule has 10 heteroatoms. The zero-order valence-corrected chi connectivity index (χ0v) is 21.6. The first-order valence-corrected chi connectivity index (χ1v) is 13.3. The minimum atomic E-state index is -3.83. The second-order valence-electron chi connectivity index (χ2n) is 8.15. The molecule has 1 saturated heterocycles. The quantitative estimate of drug-likeness (QED) is 0.253. The molecule has 1 aliphatic heterocycles. The first-order valence-electron chi connectivity index (χ1n) is 10.9. The van der Waals surface area contributed by atoms with Gasteiger partial charge in [-0.1, -0.05) is 64.5 Å². The second kappa shape index (κ2) is 10.3. The van der Waals surface area contributed by atoms with Crippen LogP contribution in [0.5, 0.6) is 5.75 Å². The molecule has 0 saturated carbocycles. The van der Waals surface area contributed by atoms with Crippen LogP contribution in [0.25, 0.3) is 5.76 Å². The van der Waals surface area contributed by atoms with Crippen LogP contribution >= 0.6 is 15.9 Å². The number of para-hydroxylation sites is 1. The number of aliphatic hydroxyl groups excluding tert-OH is 1. The van der Waals surface area contributed by atoms with Crippen molar-refractivity contribution in [1.29, 1.82) is 0 Å². The highest BCUT2D eigenvalue weighted by Crippen LogP contribution is 2.43. The van der Waals surface area contributed by atoms with Gasteiger partial charge in [-0.2, -0.15) is 0 Å². The topological polar surface area (TPSA) is 127 Å². The number of Topliss-reactive ketones (excluding diaryl/α,β-unsaturated/α-hetero) is 1. The number of aliphatic hydroxyl groups is 1. The number of methoxy groups -OCH3 is 1. The van der Waals surface area contributed by atoms with E-state index in [0.29, 0.717) is 27.8 Å². The summed E-state index contributed by atoms with van der Waals surface area (Å²) in [6.07, 6.45) is 0.332. The Labute approximate surface area is 217 Å². The summed E-state index contributed by atoms with van der Waals surface area (Å²) in [4.78, 5) is 27.8. The van der Waals surface area contributed by atoms with Crippen molar-refractivity contribution in [2.45, 2.75) is 17.4 Å². The number of amides is 1. The van der Waals surface area contributed by atoms with Crippen LogP contribution in [0.3, 0.4) is 0 Å². The van der Waals surface area contributed by atoms with Crippen LogP contribution in [-0.4, -0.2) is 43.8 Å². The van der Waals surface area contributed by atoms with Crippen molar-refractivity contribution in [3.63, 3.8) is 0 Å². The first kappa shape index (κ1) is 25.6. The molecule has 0 aromatic heterocycles. The maximum Gasteiger partial charge on any atom is 0.295 e. The van der Waals surface area contributed by atoms with Crippen LogP contribution in [0.1, 0.15) is 22.7 Å². The van der Waals surface area contributed by atoms with Gasteiger partial charge in [0.2, 0.25) is 10.0 Å². The number of primary sulfonamides is 1. The minimum absolute atomic E-state index is 0.0193. The third-order valence-electron chi connectivity index (χ3n) is 6.00. The lowest BCUT2D eigenvalue weighted by Gasteiger charge is -2.26. The molecule has 1 atom stereocenters. The van der Waals surface area contributed by atoms with E-state index in [1.165, 1.54) is 24.1 Å². The fourth-order valence-electron chi connectivity index (χ4n) is 4.22. The Balaban J connectivity index is 1.78. The van der Waals surface area contributed by atoms with Gasteiger partial charge in [0.1, 0.15) is 11.5 Å². The number of hydrogen-bond donors (Lipinski definition) is 2. The molecule has 0 aliphatic carbocycles. The molecule has 3 N–H and O–H groups in total. The molecular weight excluding hydrogens is 548 g/mol. The molecule has 0 spiro atoms. The molecule has 186 valence electrons. The fraction of sp³-hybridized carbons (Fsp3) is 0.154. The van der Waals surface area contributed by atoms with Gasteiger partial charge in [0, 0.05) is 22.1 Å². The molecular formula is C26H23BrN2O6S. The highest BCUT2D eigenvalue weighted by atomic mass is 79.9. The molecule has 0 radical (unpaired) electrons. The summed E-state index contributed by atoms with van der Waals surface area (Å²) in [5, 5.41) is 16.4. The summed E-state index contributed by atoms with van der Waals surface area (Å²) in [6.45, 7) is 0.134. The highest BCUT2D eigenvalue weighted by molar-refractivity contribution is 9.10. The van der Waals surface area contributed by atoms with Crippen molar-refractivity contribution >= 4 is 43.4 Å². The first-order chi connectivity index (χ1) is 17.1. The van der Waals surface area contributed by atoms with Gasteiger partial charge in [0.25, 0.3) is 11.7 Å². The van der Waals surface area contributed by atoms with Gasteiger partial charge in [-0.25, -0.2) is 13.6 Å². The van der Waals surface area contributed by atoms with Crippen molar-refractivity contribution in [3.05, 3.63) is 99.5 Å². The van der Waals surface area contributed by atoms with Gasteiger partial charge in [0.15, 0.2) is 0 Å². The van der Waals surface area contributed by atoms with E-state index < -0.39 is 27.8 Å². The van der Waals surface area contributed by atoms with Crippen molar-refractivity contribution in [1.82, 2.24) is 4.90 Å². The molecule has 3 aromatic carbocycles. The number of ether oxygens (including phenoxy) is 1. The molecule has 36 heavy (non-hydrogen) atoms. The summed E-state index contributed by atoms with van der Waals surface area (Å²) in [7, 11) is -2.33. The molecule has 1 amide bonds. The largest absolute Gasteiger partial charge is 0.507 e. The van der Waals surface area contributed by atoms with E-state index in [4.69, 9.17) is 9.88 Å². The molecule has 0 bridgehead atoms. The van der Waals surface area contributed by atoms with E-state index in [1.54, 1.807) is 60.7 Å². The zero-order valence-electron chi connectivity index (χ0n) is 19.2. The van der Waals surface area contributed by atoms with E-state index >= 15 is 0 Å². The Hall–Kier alpha value is -3.47. The fourth-order valence-corrected chi connectivity index (χ4v) is 5.21. The van der Waals surface area contributed by atoms with Crippen LogP contribution in [0.15, 0.2) is 87.7 Å². The summed E-state index contributed by atoms with van der Waals surface area (Å²) >= 11 is 3.40. The van der Waals surface area contributed by atoms with Gasteiger partial charge in [-0.3, -0.25) is 9.59 Å². The Morgan fingerprint density at radius 2 is 1.67 bits per heavy atom. The number of nitrogens with two attached hydrogens (primary N) is 1. The maximum absolute atomic E-state index is 13.2. The average molecular weight is 571 g/mol. The second-order valence-corrected chi connectivity index (χ2v) is 10.6. The Kier molecular flexibility index (Phi) is 7.30. The number of carbonyl (C=O) groups excluding carboxylic acids is 2. The van der Waals surface area contributed by atoms with E-state index in [9.17, 15) is 23.1 Å². The molecule has 1 unspecified atom stereocenters. The number of carbonyl (C=O) groups is 2. The SMILES string of the molecule is COc1ccccc1C1/C(=C(\O)c2ccccc2Br)C(=O)C(=O)N1CCc1ccc(S(N)(=O)=O)cc1. The number of ketones is 1. The minimum Gasteiger partial charge on any atom is -0.507 e. The number of halogens is 1. The van der Waals surface area contributed by atoms with E-state index in [0.717, 1.165) is 5.56 Å². The van der Waals surface area contributed by atoms with Gasteiger partial charge in [-0.05, 0) is 36.2 Å².